The van der Waals surface area contributed by atoms with Crippen LogP contribution in [0.2, 0.25) is 0 Å². The molecule has 4 nitrogen and oxygen atoms in total. The molecule has 0 spiro atoms. The third-order valence-corrected chi connectivity index (χ3v) is 4.45. The zero-order valence-corrected chi connectivity index (χ0v) is 14.8. The van der Waals surface area contributed by atoms with Gasteiger partial charge in [-0.1, -0.05) is 26.8 Å². The molecule has 1 atom stereocenters. The number of anilines is 1. The van der Waals surface area contributed by atoms with Crippen LogP contribution in [0.1, 0.15) is 33.6 Å². The number of nitrogens with one attached hydrogen (secondary N) is 1. The molecule has 0 radical (unpaired) electrons. The van der Waals surface area contributed by atoms with Crippen LogP contribution in [0.5, 0.6) is 5.75 Å². The number of ether oxygens (including phenoxy) is 1. The monoisotopic (exact) mass is 315 g/mol. The second kappa shape index (κ2) is 8.73. The van der Waals surface area contributed by atoms with Gasteiger partial charge < -0.3 is 15.0 Å². The maximum absolute atomic E-state index is 5.44. The number of aromatic nitrogens is 1. The van der Waals surface area contributed by atoms with Gasteiger partial charge in [-0.3, -0.25) is 4.98 Å². The van der Waals surface area contributed by atoms with Crippen LogP contribution in [0, 0.1) is 0 Å². The van der Waals surface area contributed by atoms with Crippen molar-refractivity contribution in [3.63, 3.8) is 0 Å². The van der Waals surface area contributed by atoms with Crippen LogP contribution in [-0.4, -0.2) is 42.7 Å². The number of methoxy groups -OCH3 is 1. The molecule has 0 aliphatic carbocycles. The Bertz CT molecular complexity index is 611. The molecule has 0 amide bonds. The third-order valence-electron chi connectivity index (χ3n) is 4.45. The summed E-state index contributed by atoms with van der Waals surface area (Å²) in [5, 5.41) is 4.79. The molecule has 1 N–H and O–H groups in total. The summed E-state index contributed by atoms with van der Waals surface area (Å²) in [6.45, 7) is 10.0. The number of pyridine rings is 1. The van der Waals surface area contributed by atoms with E-state index in [2.05, 4.69) is 48.1 Å². The van der Waals surface area contributed by atoms with Gasteiger partial charge in [-0.05, 0) is 38.1 Å². The molecule has 2 aromatic rings. The lowest BCUT2D eigenvalue weighted by molar-refractivity contribution is 0.292. The highest BCUT2D eigenvalue weighted by Gasteiger charge is 2.12. The van der Waals surface area contributed by atoms with Crippen molar-refractivity contribution in [2.24, 2.45) is 0 Å². The zero-order valence-electron chi connectivity index (χ0n) is 14.8. The number of fused-ring (bicyclic) bond motifs is 1. The highest BCUT2D eigenvalue weighted by atomic mass is 16.5. The van der Waals surface area contributed by atoms with Crippen LogP contribution in [0.3, 0.4) is 0 Å². The minimum Gasteiger partial charge on any atom is -0.497 e. The van der Waals surface area contributed by atoms with Gasteiger partial charge in [0.25, 0.3) is 0 Å². The van der Waals surface area contributed by atoms with Gasteiger partial charge in [-0.25, -0.2) is 0 Å². The molecule has 0 fully saturated rings. The number of hydrogen-bond acceptors (Lipinski definition) is 4. The Morgan fingerprint density at radius 2 is 2.00 bits per heavy atom. The molecule has 23 heavy (non-hydrogen) atoms. The van der Waals surface area contributed by atoms with Crippen LogP contribution in [0.25, 0.3) is 10.9 Å². The standard InChI is InChI=1S/C19H29N3O/c1-5-16(10-12-22(6-2)7-3)21-18-14-17(23-4)13-15-9-8-11-20-19(15)18/h8-9,11,13-14,16,21H,5-7,10,12H2,1-4H3. The first-order valence-corrected chi connectivity index (χ1v) is 8.63. The van der Waals surface area contributed by atoms with Gasteiger partial charge in [0.15, 0.2) is 0 Å². The Morgan fingerprint density at radius 1 is 1.22 bits per heavy atom. The molecule has 0 aliphatic heterocycles. The van der Waals surface area contributed by atoms with Gasteiger partial charge in [-0.15, -0.1) is 0 Å². The van der Waals surface area contributed by atoms with E-state index in [0.717, 1.165) is 54.8 Å². The Morgan fingerprint density at radius 3 is 2.65 bits per heavy atom. The number of nitrogens with zero attached hydrogens (tertiary/aromatic N) is 2. The van der Waals surface area contributed by atoms with Gasteiger partial charge in [0.1, 0.15) is 5.75 Å². The maximum atomic E-state index is 5.44. The van der Waals surface area contributed by atoms with Crippen molar-refractivity contribution >= 4 is 16.6 Å². The molecule has 1 aromatic carbocycles. The zero-order chi connectivity index (χ0) is 16.7. The van der Waals surface area contributed by atoms with E-state index in [0.29, 0.717) is 6.04 Å². The lowest BCUT2D eigenvalue weighted by Crippen LogP contribution is -2.29. The molecule has 0 saturated carbocycles. The van der Waals surface area contributed by atoms with Crippen molar-refractivity contribution in [2.75, 3.05) is 32.1 Å². The summed E-state index contributed by atoms with van der Waals surface area (Å²) in [6.07, 6.45) is 4.06. The third kappa shape index (κ3) is 4.58. The number of rotatable bonds is 9. The Labute approximate surface area is 139 Å². The summed E-state index contributed by atoms with van der Waals surface area (Å²) < 4.78 is 5.44. The fourth-order valence-corrected chi connectivity index (χ4v) is 2.87. The Hall–Kier alpha value is -1.81. The predicted octanol–water partition coefficient (Wildman–Crippen LogP) is 4.17. The summed E-state index contributed by atoms with van der Waals surface area (Å²) >= 11 is 0. The van der Waals surface area contributed by atoms with Crippen LogP contribution in [-0.2, 0) is 0 Å². The maximum Gasteiger partial charge on any atom is 0.121 e. The van der Waals surface area contributed by atoms with Crippen LogP contribution in [0.4, 0.5) is 5.69 Å². The molecule has 126 valence electrons. The summed E-state index contributed by atoms with van der Waals surface area (Å²) in [4.78, 5) is 7.01. The van der Waals surface area contributed by atoms with E-state index < -0.39 is 0 Å². The van der Waals surface area contributed by atoms with Crippen molar-refractivity contribution in [2.45, 2.75) is 39.7 Å². The molecule has 1 unspecified atom stereocenters. The fraction of sp³-hybridized carbons (Fsp3) is 0.526. The van der Waals surface area contributed by atoms with Gasteiger partial charge in [0.05, 0.1) is 18.3 Å². The topological polar surface area (TPSA) is 37.4 Å². The van der Waals surface area contributed by atoms with Gasteiger partial charge in [-0.2, -0.15) is 0 Å². The van der Waals surface area contributed by atoms with E-state index in [1.807, 2.05) is 18.3 Å². The van der Waals surface area contributed by atoms with Crippen molar-refractivity contribution < 1.29 is 4.74 Å². The molecular weight excluding hydrogens is 286 g/mol. The second-order valence-electron chi connectivity index (χ2n) is 5.82. The Balaban J connectivity index is 2.18. The largest absolute Gasteiger partial charge is 0.497 e. The normalized spacial score (nSPS) is 12.6. The first-order chi connectivity index (χ1) is 11.2. The first-order valence-electron chi connectivity index (χ1n) is 8.63. The minimum atomic E-state index is 0.438. The first kappa shape index (κ1) is 17.5. The molecule has 0 saturated heterocycles. The fourth-order valence-electron chi connectivity index (χ4n) is 2.87. The van der Waals surface area contributed by atoms with E-state index in [1.54, 1.807) is 7.11 Å². The van der Waals surface area contributed by atoms with Crippen molar-refractivity contribution in [3.8, 4) is 5.75 Å². The number of hydrogen-bond donors (Lipinski definition) is 1. The van der Waals surface area contributed by atoms with E-state index in [9.17, 15) is 0 Å². The highest BCUT2D eigenvalue weighted by molar-refractivity contribution is 5.91. The molecule has 4 heteroatoms. The lowest BCUT2D eigenvalue weighted by atomic mass is 10.1. The van der Waals surface area contributed by atoms with E-state index in [4.69, 9.17) is 4.74 Å². The molecule has 1 heterocycles. The van der Waals surface area contributed by atoms with Crippen molar-refractivity contribution in [1.29, 1.82) is 0 Å². The molecule has 0 bridgehead atoms. The van der Waals surface area contributed by atoms with Crippen molar-refractivity contribution in [1.82, 2.24) is 9.88 Å². The summed E-state index contributed by atoms with van der Waals surface area (Å²) in [5.74, 6) is 0.867. The van der Waals surface area contributed by atoms with E-state index in [1.165, 1.54) is 0 Å². The average Bonchev–Trinajstić information content (AvgIpc) is 2.61. The van der Waals surface area contributed by atoms with Crippen LogP contribution in [0.15, 0.2) is 30.5 Å². The summed E-state index contributed by atoms with van der Waals surface area (Å²) in [5.41, 5.74) is 2.07. The van der Waals surface area contributed by atoms with Crippen molar-refractivity contribution in [3.05, 3.63) is 30.5 Å². The van der Waals surface area contributed by atoms with Gasteiger partial charge in [0.2, 0.25) is 0 Å². The molecule has 0 aliphatic rings. The average molecular weight is 315 g/mol. The Kier molecular flexibility index (Phi) is 6.66. The molecule has 2 rings (SSSR count). The minimum absolute atomic E-state index is 0.438. The smallest absolute Gasteiger partial charge is 0.121 e. The van der Waals surface area contributed by atoms with Crippen LogP contribution >= 0.6 is 0 Å². The molecule has 1 aromatic heterocycles. The number of benzene rings is 1. The highest BCUT2D eigenvalue weighted by Crippen LogP contribution is 2.28. The van der Waals surface area contributed by atoms with Gasteiger partial charge >= 0.3 is 0 Å². The lowest BCUT2D eigenvalue weighted by Gasteiger charge is -2.24. The quantitative estimate of drug-likeness (QED) is 0.754. The SMILES string of the molecule is CCC(CCN(CC)CC)Nc1cc(OC)cc2cccnc12. The predicted molar refractivity (Wildman–Crippen MR) is 98.4 cm³/mol. The summed E-state index contributed by atoms with van der Waals surface area (Å²) in [6, 6.07) is 8.56. The summed E-state index contributed by atoms with van der Waals surface area (Å²) in [7, 11) is 1.71. The van der Waals surface area contributed by atoms with E-state index >= 15 is 0 Å². The van der Waals surface area contributed by atoms with E-state index in [-0.39, 0.29) is 0 Å². The van der Waals surface area contributed by atoms with Gasteiger partial charge in [0, 0.05) is 30.2 Å². The second-order valence-corrected chi connectivity index (χ2v) is 5.82. The molecular formula is C19H29N3O. The van der Waals surface area contributed by atoms with Crippen LogP contribution < -0.4 is 10.1 Å².